The lowest BCUT2D eigenvalue weighted by Crippen LogP contribution is -2.14. The highest BCUT2D eigenvalue weighted by atomic mass is 32.2. The van der Waals surface area contributed by atoms with Crippen LogP contribution in [0.1, 0.15) is 41.9 Å². The summed E-state index contributed by atoms with van der Waals surface area (Å²) in [5, 5.41) is 8.84. The summed E-state index contributed by atoms with van der Waals surface area (Å²) >= 11 is 1.39. The number of nitrogens with zero attached hydrogens (tertiary/aromatic N) is 3. The minimum absolute atomic E-state index is 0.0315. The second-order valence-corrected chi connectivity index (χ2v) is 6.61. The highest BCUT2D eigenvalue weighted by Gasteiger charge is 2.30. The Morgan fingerprint density at radius 3 is 2.62 bits per heavy atom. The third kappa shape index (κ3) is 3.00. The molecule has 1 atom stereocenters. The van der Waals surface area contributed by atoms with Crippen molar-refractivity contribution in [2.45, 2.75) is 36.1 Å². The maximum atomic E-state index is 12.9. The van der Waals surface area contributed by atoms with Crippen LogP contribution in [0.3, 0.4) is 0 Å². The van der Waals surface area contributed by atoms with Crippen LogP contribution in [-0.2, 0) is 7.05 Å². The first-order valence-corrected chi connectivity index (χ1v) is 7.80. The fourth-order valence-electron chi connectivity index (χ4n) is 2.19. The molecular formula is C15H16FN3OS. The first kappa shape index (κ1) is 14.3. The maximum absolute atomic E-state index is 12.9. The van der Waals surface area contributed by atoms with Crippen LogP contribution >= 0.6 is 11.8 Å². The van der Waals surface area contributed by atoms with E-state index in [1.807, 2.05) is 18.5 Å². The van der Waals surface area contributed by atoms with Crippen LogP contribution in [-0.4, -0.2) is 25.8 Å². The number of benzene rings is 1. The topological polar surface area (TPSA) is 47.8 Å². The molecule has 1 fully saturated rings. The summed E-state index contributed by atoms with van der Waals surface area (Å²) in [5.74, 6) is 1.16. The Morgan fingerprint density at radius 1 is 1.33 bits per heavy atom. The van der Waals surface area contributed by atoms with E-state index in [-0.39, 0.29) is 16.9 Å². The summed E-state index contributed by atoms with van der Waals surface area (Å²) < 4.78 is 14.9. The minimum Gasteiger partial charge on any atom is -0.309 e. The predicted octanol–water partition coefficient (Wildman–Crippen LogP) is 3.20. The second kappa shape index (κ2) is 5.60. The van der Waals surface area contributed by atoms with Gasteiger partial charge in [0.25, 0.3) is 0 Å². The zero-order chi connectivity index (χ0) is 15.0. The number of rotatable bonds is 5. The fraction of sp³-hybridized carbons (Fsp3) is 0.400. The van der Waals surface area contributed by atoms with Gasteiger partial charge in [0.05, 0.1) is 5.25 Å². The van der Waals surface area contributed by atoms with E-state index in [1.165, 1.54) is 48.9 Å². The van der Waals surface area contributed by atoms with Crippen molar-refractivity contribution in [2.24, 2.45) is 7.05 Å². The van der Waals surface area contributed by atoms with Crippen LogP contribution in [0.4, 0.5) is 4.39 Å². The van der Waals surface area contributed by atoms with Gasteiger partial charge in [-0.25, -0.2) is 4.39 Å². The van der Waals surface area contributed by atoms with Gasteiger partial charge in [-0.3, -0.25) is 4.79 Å². The second-order valence-electron chi connectivity index (χ2n) is 5.31. The molecule has 0 N–H and O–H groups in total. The van der Waals surface area contributed by atoms with Crippen molar-refractivity contribution in [3.8, 4) is 0 Å². The van der Waals surface area contributed by atoms with E-state index in [1.54, 1.807) is 0 Å². The lowest BCUT2D eigenvalue weighted by atomic mass is 10.1. The van der Waals surface area contributed by atoms with Gasteiger partial charge >= 0.3 is 0 Å². The van der Waals surface area contributed by atoms with Crippen molar-refractivity contribution in [3.05, 3.63) is 41.5 Å². The van der Waals surface area contributed by atoms with Gasteiger partial charge in [0, 0.05) is 18.5 Å². The highest BCUT2D eigenvalue weighted by molar-refractivity contribution is 8.00. The minimum atomic E-state index is -0.339. The SMILES string of the molecule is C[C@@H](Sc1nnc(C2CC2)n1C)C(=O)c1ccc(F)cc1. The molecule has 1 aliphatic carbocycles. The van der Waals surface area contributed by atoms with Crippen molar-refractivity contribution in [1.29, 1.82) is 0 Å². The Kier molecular flexibility index (Phi) is 3.80. The van der Waals surface area contributed by atoms with E-state index in [0.29, 0.717) is 11.5 Å². The Morgan fingerprint density at radius 2 is 2.00 bits per heavy atom. The van der Waals surface area contributed by atoms with E-state index in [4.69, 9.17) is 0 Å². The van der Waals surface area contributed by atoms with Crippen LogP contribution in [0.2, 0.25) is 0 Å². The molecule has 1 aliphatic rings. The van der Waals surface area contributed by atoms with Crippen LogP contribution < -0.4 is 0 Å². The molecule has 0 amide bonds. The number of halogens is 1. The molecule has 0 unspecified atom stereocenters. The molecular weight excluding hydrogens is 289 g/mol. The summed E-state index contributed by atoms with van der Waals surface area (Å²) in [6, 6.07) is 5.64. The molecule has 4 nitrogen and oxygen atoms in total. The van der Waals surface area contributed by atoms with Gasteiger partial charge in [-0.15, -0.1) is 10.2 Å². The molecule has 1 aromatic carbocycles. The summed E-state index contributed by atoms with van der Waals surface area (Å²) in [6.45, 7) is 1.84. The predicted molar refractivity (Wildman–Crippen MR) is 79.0 cm³/mol. The number of carbonyl (C=O) groups is 1. The number of thioether (sulfide) groups is 1. The molecule has 110 valence electrons. The average molecular weight is 305 g/mol. The largest absolute Gasteiger partial charge is 0.309 e. The molecule has 1 heterocycles. The molecule has 0 saturated heterocycles. The molecule has 1 saturated carbocycles. The van der Waals surface area contributed by atoms with Gasteiger partial charge in [-0.1, -0.05) is 11.8 Å². The van der Waals surface area contributed by atoms with Crippen LogP contribution in [0.5, 0.6) is 0 Å². The van der Waals surface area contributed by atoms with Crippen molar-refractivity contribution in [2.75, 3.05) is 0 Å². The standard InChI is InChI=1S/C15H16FN3OS/c1-9(13(20)10-5-7-12(16)8-6-10)21-15-18-17-14(19(15)2)11-3-4-11/h5-9,11H,3-4H2,1-2H3/t9-/m1/s1. The van der Waals surface area contributed by atoms with Crippen LogP contribution in [0.15, 0.2) is 29.4 Å². The fourth-order valence-corrected chi connectivity index (χ4v) is 3.09. The third-order valence-corrected chi connectivity index (χ3v) is 4.73. The van der Waals surface area contributed by atoms with Gasteiger partial charge in [0.2, 0.25) is 0 Å². The van der Waals surface area contributed by atoms with E-state index in [9.17, 15) is 9.18 Å². The Balaban J connectivity index is 1.72. The Hall–Kier alpha value is -1.69. The van der Waals surface area contributed by atoms with Crippen LogP contribution in [0, 0.1) is 5.82 Å². The van der Waals surface area contributed by atoms with Crippen LogP contribution in [0.25, 0.3) is 0 Å². The summed E-state index contributed by atoms with van der Waals surface area (Å²) in [6.07, 6.45) is 2.33. The third-order valence-electron chi connectivity index (χ3n) is 3.59. The zero-order valence-corrected chi connectivity index (χ0v) is 12.7. The summed E-state index contributed by atoms with van der Waals surface area (Å²) in [5.41, 5.74) is 0.515. The average Bonchev–Trinajstić information content (AvgIpc) is 3.25. The van der Waals surface area contributed by atoms with E-state index < -0.39 is 0 Å². The van der Waals surface area contributed by atoms with Crippen molar-refractivity contribution < 1.29 is 9.18 Å². The van der Waals surface area contributed by atoms with E-state index >= 15 is 0 Å². The molecule has 0 bridgehead atoms. The van der Waals surface area contributed by atoms with Gasteiger partial charge in [0.1, 0.15) is 11.6 Å². The summed E-state index contributed by atoms with van der Waals surface area (Å²) in [7, 11) is 1.94. The normalized spacial score (nSPS) is 16.0. The maximum Gasteiger partial charge on any atom is 0.191 e. The lowest BCUT2D eigenvalue weighted by Gasteiger charge is -2.10. The molecule has 6 heteroatoms. The molecule has 3 rings (SSSR count). The van der Waals surface area contributed by atoms with Gasteiger partial charge in [-0.05, 0) is 44.0 Å². The number of Topliss-reactive ketones (excluding diaryl/α,β-unsaturated/α-hetero) is 1. The van der Waals surface area contributed by atoms with Crippen molar-refractivity contribution in [3.63, 3.8) is 0 Å². The first-order valence-electron chi connectivity index (χ1n) is 6.92. The zero-order valence-electron chi connectivity index (χ0n) is 11.9. The summed E-state index contributed by atoms with van der Waals surface area (Å²) in [4.78, 5) is 12.3. The van der Waals surface area contributed by atoms with Crippen molar-refractivity contribution >= 4 is 17.5 Å². The molecule has 0 spiro atoms. The highest BCUT2D eigenvalue weighted by Crippen LogP contribution is 2.39. The van der Waals surface area contributed by atoms with Gasteiger partial charge < -0.3 is 4.57 Å². The smallest absolute Gasteiger partial charge is 0.191 e. The lowest BCUT2D eigenvalue weighted by molar-refractivity contribution is 0.0994. The number of hydrogen-bond acceptors (Lipinski definition) is 4. The molecule has 1 aromatic heterocycles. The number of hydrogen-bond donors (Lipinski definition) is 0. The number of carbonyl (C=O) groups excluding carboxylic acids is 1. The van der Waals surface area contributed by atoms with Gasteiger partial charge in [0.15, 0.2) is 10.9 Å². The monoisotopic (exact) mass is 305 g/mol. The van der Waals surface area contributed by atoms with Gasteiger partial charge in [-0.2, -0.15) is 0 Å². The molecule has 2 aromatic rings. The van der Waals surface area contributed by atoms with Crippen molar-refractivity contribution in [1.82, 2.24) is 14.8 Å². The Bertz CT molecular complexity index is 664. The molecule has 0 aliphatic heterocycles. The number of aromatic nitrogens is 3. The first-order chi connectivity index (χ1) is 10.1. The van der Waals surface area contributed by atoms with E-state index in [0.717, 1.165) is 11.0 Å². The Labute approximate surface area is 126 Å². The quantitative estimate of drug-likeness (QED) is 0.629. The molecule has 0 radical (unpaired) electrons. The molecule has 21 heavy (non-hydrogen) atoms. The number of ketones is 1. The van der Waals surface area contributed by atoms with E-state index in [2.05, 4.69) is 10.2 Å².